The maximum absolute atomic E-state index is 11.1. The number of hydrogen-bond donors (Lipinski definition) is 0. The number of methoxy groups -OCH3 is 2. The predicted octanol–water partition coefficient (Wildman–Crippen LogP) is 6.16. The standard InChI is InChI=1S/C24H19Cl2N3O5/c1-32-21-8-5-14(9-22(21)33-2)19-12-20-17-10-15(25)11-18(26)23(17)34-24(28(20)27-19)13-3-6-16(7-4-13)29(30)31/h3-11,20,24H,12H2,1-2H3. The minimum Gasteiger partial charge on any atom is -0.493 e. The molecule has 2 atom stereocenters. The number of ether oxygens (including phenoxy) is 3. The third-order valence-corrected chi connectivity index (χ3v) is 6.41. The Morgan fingerprint density at radius 1 is 1.06 bits per heavy atom. The molecule has 8 nitrogen and oxygen atoms in total. The summed E-state index contributed by atoms with van der Waals surface area (Å²) < 4.78 is 17.1. The number of nitro benzene ring substituents is 1. The number of halogens is 2. The van der Waals surface area contributed by atoms with Gasteiger partial charge in [0, 0.05) is 40.3 Å². The summed E-state index contributed by atoms with van der Waals surface area (Å²) in [7, 11) is 3.17. The predicted molar refractivity (Wildman–Crippen MR) is 128 cm³/mol. The molecular formula is C24H19Cl2N3O5. The van der Waals surface area contributed by atoms with Crippen LogP contribution in [-0.4, -0.2) is 29.9 Å². The van der Waals surface area contributed by atoms with E-state index in [4.69, 9.17) is 42.5 Å². The molecule has 174 valence electrons. The van der Waals surface area contributed by atoms with E-state index in [9.17, 15) is 10.1 Å². The highest BCUT2D eigenvalue weighted by atomic mass is 35.5. The number of rotatable bonds is 5. The Balaban J connectivity index is 1.59. The van der Waals surface area contributed by atoms with Crippen LogP contribution >= 0.6 is 23.2 Å². The van der Waals surface area contributed by atoms with E-state index in [1.807, 2.05) is 29.3 Å². The first-order valence-electron chi connectivity index (χ1n) is 10.4. The molecule has 0 saturated carbocycles. The van der Waals surface area contributed by atoms with Gasteiger partial charge in [-0.1, -0.05) is 23.2 Å². The summed E-state index contributed by atoms with van der Waals surface area (Å²) in [5.41, 5.74) is 3.24. The lowest BCUT2D eigenvalue weighted by molar-refractivity contribution is -0.384. The van der Waals surface area contributed by atoms with Crippen molar-refractivity contribution in [1.29, 1.82) is 0 Å². The lowest BCUT2D eigenvalue weighted by Crippen LogP contribution is -2.33. The van der Waals surface area contributed by atoms with Crippen molar-refractivity contribution in [2.24, 2.45) is 5.10 Å². The van der Waals surface area contributed by atoms with Gasteiger partial charge >= 0.3 is 0 Å². The van der Waals surface area contributed by atoms with Gasteiger partial charge in [-0.05, 0) is 42.5 Å². The molecule has 2 heterocycles. The van der Waals surface area contributed by atoms with Gasteiger partial charge in [0.2, 0.25) is 6.23 Å². The smallest absolute Gasteiger partial charge is 0.269 e. The molecule has 3 aromatic rings. The normalized spacial score (nSPS) is 18.5. The molecular weight excluding hydrogens is 481 g/mol. The molecule has 2 aliphatic rings. The molecule has 0 bridgehead atoms. The third kappa shape index (κ3) is 3.78. The second-order valence-electron chi connectivity index (χ2n) is 7.84. The lowest BCUT2D eigenvalue weighted by atomic mass is 9.95. The van der Waals surface area contributed by atoms with Crippen molar-refractivity contribution in [3.05, 3.63) is 91.4 Å². The van der Waals surface area contributed by atoms with Crippen molar-refractivity contribution in [2.75, 3.05) is 14.2 Å². The zero-order valence-electron chi connectivity index (χ0n) is 18.2. The van der Waals surface area contributed by atoms with Crippen LogP contribution in [0, 0.1) is 10.1 Å². The molecule has 2 aliphatic heterocycles. The molecule has 0 aliphatic carbocycles. The average Bonchev–Trinajstić information content (AvgIpc) is 3.29. The minimum absolute atomic E-state index is 0.00253. The van der Waals surface area contributed by atoms with Crippen LogP contribution in [0.3, 0.4) is 0 Å². The van der Waals surface area contributed by atoms with Crippen molar-refractivity contribution in [3.63, 3.8) is 0 Å². The van der Waals surface area contributed by atoms with Crippen molar-refractivity contribution < 1.29 is 19.1 Å². The van der Waals surface area contributed by atoms with Crippen LogP contribution in [-0.2, 0) is 0 Å². The van der Waals surface area contributed by atoms with Crippen LogP contribution in [0.5, 0.6) is 17.2 Å². The first-order valence-corrected chi connectivity index (χ1v) is 11.1. The summed E-state index contributed by atoms with van der Waals surface area (Å²) in [4.78, 5) is 10.7. The van der Waals surface area contributed by atoms with Crippen molar-refractivity contribution in [1.82, 2.24) is 5.01 Å². The van der Waals surface area contributed by atoms with E-state index in [0.717, 1.165) is 16.8 Å². The fourth-order valence-corrected chi connectivity index (χ4v) is 4.84. The Morgan fingerprint density at radius 3 is 2.47 bits per heavy atom. The molecule has 0 aromatic heterocycles. The zero-order valence-corrected chi connectivity index (χ0v) is 19.7. The summed E-state index contributed by atoms with van der Waals surface area (Å²) in [5, 5.41) is 18.7. The summed E-state index contributed by atoms with van der Waals surface area (Å²) in [6.07, 6.45) is -0.0546. The highest BCUT2D eigenvalue weighted by Gasteiger charge is 2.42. The summed E-state index contributed by atoms with van der Waals surface area (Å²) >= 11 is 12.8. The van der Waals surface area contributed by atoms with Gasteiger partial charge in [-0.2, -0.15) is 5.10 Å². The number of hydrazone groups is 1. The van der Waals surface area contributed by atoms with E-state index in [-0.39, 0.29) is 11.7 Å². The van der Waals surface area contributed by atoms with E-state index in [2.05, 4.69) is 0 Å². The van der Waals surface area contributed by atoms with E-state index >= 15 is 0 Å². The number of non-ortho nitro benzene ring substituents is 1. The maximum Gasteiger partial charge on any atom is 0.269 e. The summed E-state index contributed by atoms with van der Waals surface area (Å²) in [6.45, 7) is 0. The topological polar surface area (TPSA) is 86.4 Å². The second-order valence-corrected chi connectivity index (χ2v) is 8.68. The molecule has 34 heavy (non-hydrogen) atoms. The zero-order chi connectivity index (χ0) is 24.0. The van der Waals surface area contributed by atoms with Gasteiger partial charge in [0.1, 0.15) is 5.75 Å². The number of fused-ring (bicyclic) bond motifs is 3. The molecule has 0 N–H and O–H groups in total. The first-order chi connectivity index (χ1) is 16.4. The summed E-state index contributed by atoms with van der Waals surface area (Å²) in [6, 6.07) is 15.1. The van der Waals surface area contributed by atoms with E-state index in [1.165, 1.54) is 12.1 Å². The number of benzene rings is 3. The van der Waals surface area contributed by atoms with Crippen LogP contribution < -0.4 is 14.2 Å². The number of nitrogens with zero attached hydrogens (tertiary/aromatic N) is 3. The molecule has 3 aromatic carbocycles. The van der Waals surface area contributed by atoms with E-state index < -0.39 is 11.2 Å². The molecule has 0 spiro atoms. The summed E-state index contributed by atoms with van der Waals surface area (Å²) in [5.74, 6) is 1.75. The van der Waals surface area contributed by atoms with Gasteiger partial charge < -0.3 is 14.2 Å². The number of nitro groups is 1. The average molecular weight is 500 g/mol. The van der Waals surface area contributed by atoms with Crippen LogP contribution in [0.25, 0.3) is 0 Å². The Labute approximate surface area is 205 Å². The molecule has 10 heteroatoms. The van der Waals surface area contributed by atoms with Crippen LogP contribution in [0.1, 0.15) is 35.4 Å². The van der Waals surface area contributed by atoms with Crippen molar-refractivity contribution in [2.45, 2.75) is 18.7 Å². The third-order valence-electron chi connectivity index (χ3n) is 5.91. The quantitative estimate of drug-likeness (QED) is 0.308. The van der Waals surface area contributed by atoms with Gasteiger partial charge in [0.25, 0.3) is 5.69 Å². The van der Waals surface area contributed by atoms with Gasteiger partial charge in [0.05, 0.1) is 35.9 Å². The molecule has 0 saturated heterocycles. The van der Waals surface area contributed by atoms with Crippen LogP contribution in [0.2, 0.25) is 10.0 Å². The Kier molecular flexibility index (Phi) is 5.71. The van der Waals surface area contributed by atoms with Crippen molar-refractivity contribution in [3.8, 4) is 17.2 Å². The van der Waals surface area contributed by atoms with Crippen molar-refractivity contribution >= 4 is 34.6 Å². The maximum atomic E-state index is 11.1. The molecule has 5 rings (SSSR count). The van der Waals surface area contributed by atoms with Gasteiger partial charge in [-0.3, -0.25) is 10.1 Å². The first kappa shape index (κ1) is 22.3. The fraction of sp³-hybridized carbons (Fsp3) is 0.208. The molecule has 2 unspecified atom stereocenters. The van der Waals surface area contributed by atoms with E-state index in [0.29, 0.717) is 39.3 Å². The van der Waals surface area contributed by atoms with Crippen LogP contribution in [0.4, 0.5) is 5.69 Å². The van der Waals surface area contributed by atoms with Gasteiger partial charge in [-0.15, -0.1) is 0 Å². The largest absolute Gasteiger partial charge is 0.493 e. The fourth-order valence-electron chi connectivity index (χ4n) is 4.29. The molecule has 0 fully saturated rings. The minimum atomic E-state index is -0.630. The Bertz CT molecular complexity index is 1310. The highest BCUT2D eigenvalue weighted by Crippen LogP contribution is 2.51. The monoisotopic (exact) mass is 499 g/mol. The van der Waals surface area contributed by atoms with Crippen LogP contribution in [0.15, 0.2) is 59.7 Å². The molecule has 0 radical (unpaired) electrons. The lowest BCUT2D eigenvalue weighted by Gasteiger charge is -2.38. The number of hydrogen-bond acceptors (Lipinski definition) is 7. The second kappa shape index (κ2) is 8.70. The Morgan fingerprint density at radius 2 is 1.79 bits per heavy atom. The van der Waals surface area contributed by atoms with Gasteiger partial charge in [-0.25, -0.2) is 5.01 Å². The Hall–Kier alpha value is -3.49. The van der Waals surface area contributed by atoms with Gasteiger partial charge in [0.15, 0.2) is 11.5 Å². The van der Waals surface area contributed by atoms with E-state index in [1.54, 1.807) is 32.4 Å². The SMILES string of the molecule is COc1ccc(C2=NN3C(C2)c2cc(Cl)cc(Cl)c2OC3c2ccc([N+](=O)[O-])cc2)cc1OC. The molecule has 0 amide bonds. The highest BCUT2D eigenvalue weighted by molar-refractivity contribution is 6.35.